The van der Waals surface area contributed by atoms with Crippen LogP contribution in [0.2, 0.25) is 0 Å². The molecule has 0 aromatic heterocycles. The van der Waals surface area contributed by atoms with Crippen molar-refractivity contribution in [2.24, 2.45) is 5.41 Å². The fraction of sp³-hybridized carbons (Fsp3) is 0.500. The number of hydrogen-bond donors (Lipinski definition) is 0. The Bertz CT molecular complexity index is 719. The molecule has 1 aliphatic carbocycles. The number of carbonyl (C=O) groups excluding carboxylic acids is 1. The van der Waals surface area contributed by atoms with Crippen LogP contribution in [0.1, 0.15) is 51.5 Å². The fourth-order valence-corrected chi connectivity index (χ4v) is 4.36. The summed E-state index contributed by atoms with van der Waals surface area (Å²) >= 11 is 3.53. The first-order chi connectivity index (χ1) is 10.3. The van der Waals surface area contributed by atoms with E-state index in [1.54, 1.807) is 0 Å². The van der Waals surface area contributed by atoms with Crippen LogP contribution < -0.4 is 4.74 Å². The highest BCUT2D eigenvalue weighted by Gasteiger charge is 2.50. The second-order valence-corrected chi connectivity index (χ2v) is 8.47. The van der Waals surface area contributed by atoms with Crippen molar-refractivity contribution in [2.45, 2.75) is 51.7 Å². The number of carbonyl (C=O) groups is 1. The molecule has 3 aliphatic rings. The molecule has 3 nitrogen and oxygen atoms in total. The van der Waals surface area contributed by atoms with Crippen molar-refractivity contribution in [3.63, 3.8) is 0 Å². The first-order valence-electron chi connectivity index (χ1n) is 7.70. The molecule has 22 heavy (non-hydrogen) atoms. The SMILES string of the molecule is CC1(C)CC(=O)C2=C(C1)O[C@]1(C)C[C@H]2c2cc(Br)ccc2O1. The lowest BCUT2D eigenvalue weighted by atomic mass is 9.69. The van der Waals surface area contributed by atoms with Crippen molar-refractivity contribution in [3.05, 3.63) is 39.6 Å². The Kier molecular flexibility index (Phi) is 2.85. The second-order valence-electron chi connectivity index (χ2n) is 7.55. The van der Waals surface area contributed by atoms with Gasteiger partial charge in [-0.05, 0) is 23.6 Å². The van der Waals surface area contributed by atoms with Gasteiger partial charge < -0.3 is 9.47 Å². The highest BCUT2D eigenvalue weighted by molar-refractivity contribution is 9.10. The smallest absolute Gasteiger partial charge is 0.248 e. The van der Waals surface area contributed by atoms with Crippen LogP contribution >= 0.6 is 15.9 Å². The van der Waals surface area contributed by atoms with Crippen LogP contribution in [0.25, 0.3) is 0 Å². The number of ether oxygens (including phenoxy) is 2. The summed E-state index contributed by atoms with van der Waals surface area (Å²) in [7, 11) is 0. The lowest BCUT2D eigenvalue weighted by molar-refractivity contribution is -0.174. The Morgan fingerprint density at radius 3 is 2.73 bits per heavy atom. The van der Waals surface area contributed by atoms with Gasteiger partial charge in [0.25, 0.3) is 0 Å². The minimum atomic E-state index is -0.669. The zero-order chi connectivity index (χ0) is 15.7. The number of hydrogen-bond acceptors (Lipinski definition) is 3. The highest BCUT2D eigenvalue weighted by Crippen LogP contribution is 2.54. The van der Waals surface area contributed by atoms with Gasteiger partial charge >= 0.3 is 0 Å². The normalized spacial score (nSPS) is 31.8. The molecule has 2 bridgehead atoms. The van der Waals surface area contributed by atoms with E-state index in [0.29, 0.717) is 12.8 Å². The van der Waals surface area contributed by atoms with Crippen molar-refractivity contribution in [1.82, 2.24) is 0 Å². The summed E-state index contributed by atoms with van der Waals surface area (Å²) in [6.07, 6.45) is 2.08. The molecule has 0 fully saturated rings. The van der Waals surface area contributed by atoms with E-state index in [0.717, 1.165) is 33.5 Å². The largest absolute Gasteiger partial charge is 0.456 e. The van der Waals surface area contributed by atoms with Gasteiger partial charge in [0.1, 0.15) is 11.5 Å². The summed E-state index contributed by atoms with van der Waals surface area (Å²) in [5, 5.41) is 0. The maximum atomic E-state index is 12.8. The zero-order valence-electron chi connectivity index (χ0n) is 13.0. The quantitative estimate of drug-likeness (QED) is 0.670. The lowest BCUT2D eigenvalue weighted by Gasteiger charge is -2.48. The van der Waals surface area contributed by atoms with E-state index in [1.807, 2.05) is 19.1 Å². The molecule has 0 unspecified atom stereocenters. The average molecular weight is 363 g/mol. The molecule has 0 radical (unpaired) electrons. The number of fused-ring (bicyclic) bond motifs is 5. The van der Waals surface area contributed by atoms with Gasteiger partial charge in [0, 0.05) is 47.7 Å². The van der Waals surface area contributed by atoms with Gasteiger partial charge in [-0.25, -0.2) is 0 Å². The third-order valence-corrected chi connectivity index (χ3v) is 5.31. The molecule has 4 heteroatoms. The maximum absolute atomic E-state index is 12.8. The molecular weight excluding hydrogens is 344 g/mol. The Morgan fingerprint density at radius 2 is 1.95 bits per heavy atom. The van der Waals surface area contributed by atoms with Gasteiger partial charge in [0.05, 0.1) is 0 Å². The van der Waals surface area contributed by atoms with Gasteiger partial charge in [0.15, 0.2) is 5.78 Å². The van der Waals surface area contributed by atoms with E-state index in [9.17, 15) is 4.79 Å². The second kappa shape index (κ2) is 4.38. The molecule has 1 aromatic rings. The fourth-order valence-electron chi connectivity index (χ4n) is 3.98. The minimum absolute atomic E-state index is 0.0436. The Balaban J connectivity index is 1.90. The number of halogens is 1. The number of allylic oxidation sites excluding steroid dienone is 2. The van der Waals surface area contributed by atoms with Gasteiger partial charge in [0.2, 0.25) is 5.79 Å². The summed E-state index contributed by atoms with van der Waals surface area (Å²) in [5.74, 6) is 1.30. The Labute approximate surface area is 138 Å². The molecule has 2 atom stereocenters. The molecule has 2 aliphatic heterocycles. The predicted molar refractivity (Wildman–Crippen MR) is 86.7 cm³/mol. The molecule has 0 spiro atoms. The van der Waals surface area contributed by atoms with Crippen molar-refractivity contribution in [2.75, 3.05) is 0 Å². The zero-order valence-corrected chi connectivity index (χ0v) is 14.6. The molecule has 2 heterocycles. The topological polar surface area (TPSA) is 35.5 Å². The molecule has 0 amide bonds. The first-order valence-corrected chi connectivity index (χ1v) is 8.49. The third-order valence-electron chi connectivity index (χ3n) is 4.81. The molecular formula is C18H19BrO3. The van der Waals surface area contributed by atoms with Gasteiger partial charge in [-0.2, -0.15) is 0 Å². The van der Waals surface area contributed by atoms with E-state index in [4.69, 9.17) is 9.47 Å². The van der Waals surface area contributed by atoms with Gasteiger partial charge in [-0.15, -0.1) is 0 Å². The van der Waals surface area contributed by atoms with Crippen LogP contribution in [0.3, 0.4) is 0 Å². The number of Topliss-reactive ketones (excluding diaryl/α,β-unsaturated/α-hetero) is 1. The standard InChI is InChI=1S/C18H19BrO3/c1-17(2)8-13(20)16-12-7-18(3,22-15(16)9-17)21-14-5-4-10(19)6-11(12)14/h4-6,12H,7-9H2,1-3H3/t12-,18+/m0/s1. The Morgan fingerprint density at radius 1 is 1.18 bits per heavy atom. The summed E-state index contributed by atoms with van der Waals surface area (Å²) in [6, 6.07) is 5.99. The van der Waals surface area contributed by atoms with Crippen molar-refractivity contribution in [1.29, 1.82) is 0 Å². The van der Waals surface area contributed by atoms with E-state index in [2.05, 4.69) is 35.8 Å². The molecule has 4 rings (SSSR count). The van der Waals surface area contributed by atoms with E-state index < -0.39 is 5.79 Å². The highest BCUT2D eigenvalue weighted by atomic mass is 79.9. The molecule has 0 saturated carbocycles. The summed E-state index contributed by atoms with van der Waals surface area (Å²) in [5.41, 5.74) is 1.92. The van der Waals surface area contributed by atoms with Gasteiger partial charge in [-0.3, -0.25) is 4.79 Å². The minimum Gasteiger partial charge on any atom is -0.456 e. The van der Waals surface area contributed by atoms with E-state index >= 15 is 0 Å². The molecule has 0 N–H and O–H groups in total. The molecule has 116 valence electrons. The van der Waals surface area contributed by atoms with Crippen LogP contribution in [0.5, 0.6) is 5.75 Å². The summed E-state index contributed by atoms with van der Waals surface area (Å²) in [4.78, 5) is 12.8. The predicted octanol–water partition coefficient (Wildman–Crippen LogP) is 4.70. The van der Waals surface area contributed by atoms with Gasteiger partial charge in [-0.1, -0.05) is 29.8 Å². The maximum Gasteiger partial charge on any atom is 0.248 e. The van der Waals surface area contributed by atoms with Crippen LogP contribution in [-0.4, -0.2) is 11.6 Å². The van der Waals surface area contributed by atoms with Crippen LogP contribution in [0.15, 0.2) is 34.0 Å². The summed E-state index contributed by atoms with van der Waals surface area (Å²) in [6.45, 7) is 6.22. The van der Waals surface area contributed by atoms with Crippen LogP contribution in [0.4, 0.5) is 0 Å². The van der Waals surface area contributed by atoms with Crippen molar-refractivity contribution < 1.29 is 14.3 Å². The number of rotatable bonds is 0. The van der Waals surface area contributed by atoms with E-state index in [1.165, 1.54) is 0 Å². The summed E-state index contributed by atoms with van der Waals surface area (Å²) < 4.78 is 13.3. The van der Waals surface area contributed by atoms with Crippen LogP contribution in [-0.2, 0) is 9.53 Å². The molecule has 1 aromatic carbocycles. The molecule has 0 saturated heterocycles. The number of benzene rings is 1. The van der Waals surface area contributed by atoms with E-state index in [-0.39, 0.29) is 17.1 Å². The average Bonchev–Trinajstić information content (AvgIpc) is 2.36. The monoisotopic (exact) mass is 362 g/mol. The number of ketones is 1. The van der Waals surface area contributed by atoms with Crippen molar-refractivity contribution >= 4 is 21.7 Å². The Hall–Kier alpha value is -1.29. The lowest BCUT2D eigenvalue weighted by Crippen LogP contribution is -2.47. The first kappa shape index (κ1) is 14.3. The van der Waals surface area contributed by atoms with Crippen LogP contribution in [0, 0.1) is 5.41 Å². The third kappa shape index (κ3) is 2.11. The van der Waals surface area contributed by atoms with Crippen molar-refractivity contribution in [3.8, 4) is 5.75 Å².